The van der Waals surface area contributed by atoms with Gasteiger partial charge in [-0.1, -0.05) is 174 Å². The van der Waals surface area contributed by atoms with Crippen LogP contribution in [0, 0.1) is 5.92 Å². The number of ether oxygens (including phenoxy) is 2. The number of methoxy groups -OCH3 is 2. The zero-order valence-corrected chi connectivity index (χ0v) is 36.7. The molecule has 0 saturated carbocycles. The summed E-state index contributed by atoms with van der Waals surface area (Å²) in [5.41, 5.74) is 3.04. The zero-order chi connectivity index (χ0) is 39.7. The molecule has 7 nitrogen and oxygen atoms in total. The maximum Gasteiger partial charge on any atom is 0.306 e. The summed E-state index contributed by atoms with van der Waals surface area (Å²) in [6.45, 7) is 14.7. The van der Waals surface area contributed by atoms with Gasteiger partial charge in [0.1, 0.15) is 0 Å². The first-order valence-electron chi connectivity index (χ1n) is 23.1. The number of unbranched alkanes of at least 4 members (excludes halogenated alkanes) is 21. The van der Waals surface area contributed by atoms with E-state index in [-0.39, 0.29) is 18.3 Å². The minimum Gasteiger partial charge on any atom is -0.502 e. The fraction of sp³-hybridized carbons (Fsp3) is 0.872. The second kappa shape index (κ2) is 40.8. The van der Waals surface area contributed by atoms with Crippen molar-refractivity contribution in [1.82, 2.24) is 15.3 Å². The largest absolute Gasteiger partial charge is 0.502 e. The van der Waals surface area contributed by atoms with E-state index >= 15 is 0 Å². The molecule has 0 aliphatic carbocycles. The van der Waals surface area contributed by atoms with Crippen molar-refractivity contribution in [3.8, 4) is 0 Å². The third-order valence-electron chi connectivity index (χ3n) is 10.9. The fourth-order valence-electron chi connectivity index (χ4n) is 7.10. The van der Waals surface area contributed by atoms with E-state index in [1.807, 2.05) is 0 Å². The van der Waals surface area contributed by atoms with Crippen LogP contribution in [0.2, 0.25) is 0 Å². The molecule has 0 radical (unpaired) electrons. The van der Waals surface area contributed by atoms with Crippen molar-refractivity contribution in [2.24, 2.45) is 5.92 Å². The molecular weight excluding hydrogens is 671 g/mol. The Morgan fingerprint density at radius 2 is 1.00 bits per heavy atom. The van der Waals surface area contributed by atoms with Gasteiger partial charge in [0.25, 0.3) is 0 Å². The summed E-state index contributed by atoms with van der Waals surface area (Å²) in [6.07, 6.45) is 42.2. The van der Waals surface area contributed by atoms with Crippen molar-refractivity contribution in [3.63, 3.8) is 0 Å². The third kappa shape index (κ3) is 37.1. The fourth-order valence-corrected chi connectivity index (χ4v) is 7.10. The second-order valence-electron chi connectivity index (χ2n) is 16.1. The first-order valence-corrected chi connectivity index (χ1v) is 23.1. The summed E-state index contributed by atoms with van der Waals surface area (Å²) in [7, 11) is 2.99. The first-order chi connectivity index (χ1) is 26.4. The number of allylic oxidation sites excluding steroid dienone is 2. The molecule has 0 aromatic rings. The van der Waals surface area contributed by atoms with Gasteiger partial charge in [-0.05, 0) is 57.5 Å². The summed E-state index contributed by atoms with van der Waals surface area (Å²) in [5, 5.41) is 1.80. The molecule has 7 heteroatoms. The smallest absolute Gasteiger partial charge is 0.306 e. The molecule has 1 unspecified atom stereocenters. The van der Waals surface area contributed by atoms with Crippen LogP contribution in [-0.4, -0.2) is 68.7 Å². The molecule has 0 aliphatic heterocycles. The van der Waals surface area contributed by atoms with Gasteiger partial charge >= 0.3 is 5.97 Å². The predicted octanol–water partition coefficient (Wildman–Crippen LogP) is 12.9. The maximum atomic E-state index is 13.1. The molecule has 0 aromatic heterocycles. The Kier molecular flexibility index (Phi) is 39.4. The number of hydrazine groups is 1. The van der Waals surface area contributed by atoms with Crippen molar-refractivity contribution in [3.05, 3.63) is 24.5 Å². The maximum absolute atomic E-state index is 13.1. The standard InChI is InChI=1S/C47H91N3O4/c1-7-9-11-13-15-16-17-18-19-20-21-22-23-24-28-32-39-49(40-33-29-25-27-31-35-44(3)34-30-26-14-12-10-8-2)41-37-46(51)48-50(42-36-45(4)53-5)43-38-47(52)54-6/h18-19,44H,4,7-17,20-43H2,1-3,5-6H3,(H,48,51)/b19-18-. The quantitative estimate of drug-likeness (QED) is 0.0220. The molecule has 0 rings (SSSR count). The topological polar surface area (TPSA) is 71.1 Å². The van der Waals surface area contributed by atoms with Crippen molar-refractivity contribution < 1.29 is 19.1 Å². The van der Waals surface area contributed by atoms with E-state index in [2.05, 4.69) is 49.8 Å². The Morgan fingerprint density at radius 1 is 0.556 bits per heavy atom. The third-order valence-corrected chi connectivity index (χ3v) is 10.9. The van der Waals surface area contributed by atoms with Gasteiger partial charge in [-0.15, -0.1) is 0 Å². The highest BCUT2D eigenvalue weighted by molar-refractivity contribution is 5.75. The van der Waals surface area contributed by atoms with Crippen LogP contribution >= 0.6 is 0 Å². The highest BCUT2D eigenvalue weighted by Gasteiger charge is 2.14. The Morgan fingerprint density at radius 3 is 1.48 bits per heavy atom. The lowest BCUT2D eigenvalue weighted by atomic mass is 9.96. The molecule has 318 valence electrons. The van der Waals surface area contributed by atoms with E-state index in [0.717, 1.165) is 25.6 Å². The number of amides is 1. The van der Waals surface area contributed by atoms with Gasteiger partial charge in [0.2, 0.25) is 5.91 Å². The summed E-state index contributed by atoms with van der Waals surface area (Å²) in [5.74, 6) is 1.22. The molecule has 0 spiro atoms. The van der Waals surface area contributed by atoms with E-state index < -0.39 is 0 Å². The molecule has 0 aliphatic rings. The van der Waals surface area contributed by atoms with Crippen LogP contribution < -0.4 is 5.43 Å². The van der Waals surface area contributed by atoms with Crippen molar-refractivity contribution in [2.75, 3.05) is 46.9 Å². The van der Waals surface area contributed by atoms with Crippen LogP contribution in [0.5, 0.6) is 0 Å². The number of hydrogen-bond donors (Lipinski definition) is 1. The van der Waals surface area contributed by atoms with Crippen LogP contribution in [0.15, 0.2) is 24.5 Å². The van der Waals surface area contributed by atoms with E-state index in [1.165, 1.54) is 180 Å². The number of hydrogen-bond acceptors (Lipinski definition) is 6. The zero-order valence-electron chi connectivity index (χ0n) is 36.7. The number of carbonyl (C=O) groups excluding carboxylic acids is 2. The predicted molar refractivity (Wildman–Crippen MR) is 232 cm³/mol. The lowest BCUT2D eigenvalue weighted by Gasteiger charge is -2.25. The first kappa shape index (κ1) is 52.1. The Balaban J connectivity index is 4.57. The van der Waals surface area contributed by atoms with Crippen LogP contribution in [0.1, 0.15) is 213 Å². The normalized spacial score (nSPS) is 12.2. The second-order valence-corrected chi connectivity index (χ2v) is 16.1. The van der Waals surface area contributed by atoms with E-state index in [1.54, 1.807) is 12.1 Å². The van der Waals surface area contributed by atoms with Gasteiger partial charge in [-0.25, -0.2) is 5.01 Å². The van der Waals surface area contributed by atoms with Gasteiger partial charge in [0.15, 0.2) is 0 Å². The van der Waals surface area contributed by atoms with Gasteiger partial charge in [0, 0.05) is 32.5 Å². The monoisotopic (exact) mass is 762 g/mol. The minimum atomic E-state index is -0.288. The van der Waals surface area contributed by atoms with Crippen molar-refractivity contribution in [1.29, 1.82) is 0 Å². The van der Waals surface area contributed by atoms with Crippen LogP contribution in [0.4, 0.5) is 0 Å². The molecule has 1 amide bonds. The Bertz CT molecular complexity index is 859. The van der Waals surface area contributed by atoms with Crippen LogP contribution in [-0.2, 0) is 19.1 Å². The molecule has 0 aromatic carbocycles. The molecule has 0 bridgehead atoms. The number of nitrogens with one attached hydrogen (secondary N) is 1. The van der Waals surface area contributed by atoms with Gasteiger partial charge in [0.05, 0.1) is 26.4 Å². The van der Waals surface area contributed by atoms with E-state index in [0.29, 0.717) is 31.7 Å². The van der Waals surface area contributed by atoms with Crippen molar-refractivity contribution in [2.45, 2.75) is 213 Å². The van der Waals surface area contributed by atoms with Gasteiger partial charge in [-0.3, -0.25) is 15.0 Å². The number of esters is 1. The van der Waals surface area contributed by atoms with Gasteiger partial charge in [-0.2, -0.15) is 0 Å². The number of nitrogens with zero attached hydrogens (tertiary/aromatic N) is 2. The molecule has 0 fully saturated rings. The van der Waals surface area contributed by atoms with Gasteiger partial charge < -0.3 is 14.4 Å². The number of carbonyl (C=O) groups is 2. The Labute approximate surface area is 336 Å². The summed E-state index contributed by atoms with van der Waals surface area (Å²) < 4.78 is 10.0. The lowest BCUT2D eigenvalue weighted by molar-refractivity contribution is -0.141. The summed E-state index contributed by atoms with van der Waals surface area (Å²) in [6, 6.07) is 0. The van der Waals surface area contributed by atoms with Crippen LogP contribution in [0.25, 0.3) is 0 Å². The van der Waals surface area contributed by atoms with Crippen molar-refractivity contribution >= 4 is 11.9 Å². The highest BCUT2D eigenvalue weighted by atomic mass is 16.5. The van der Waals surface area contributed by atoms with Crippen LogP contribution in [0.3, 0.4) is 0 Å². The average molecular weight is 762 g/mol. The minimum absolute atomic E-state index is 0.0102. The molecule has 54 heavy (non-hydrogen) atoms. The molecule has 0 heterocycles. The SMILES string of the molecule is C=C(CCN(CCC(=O)OC)NC(=O)CCN(CCCCCCCC/C=C\CCCCCCCC)CCCCCCCC(C)CCCCCCCC)OC. The number of rotatable bonds is 42. The van der Waals surface area contributed by atoms with E-state index in [4.69, 9.17) is 9.47 Å². The molecule has 1 atom stereocenters. The highest BCUT2D eigenvalue weighted by Crippen LogP contribution is 2.19. The summed E-state index contributed by atoms with van der Waals surface area (Å²) in [4.78, 5) is 27.4. The molecule has 0 saturated heterocycles. The van der Waals surface area contributed by atoms with E-state index in [9.17, 15) is 9.59 Å². The summed E-state index contributed by atoms with van der Waals surface area (Å²) >= 11 is 0. The lowest BCUT2D eigenvalue weighted by Crippen LogP contribution is -2.45. The molecular formula is C47H91N3O4. The average Bonchev–Trinajstić information content (AvgIpc) is 3.17. The Hall–Kier alpha value is -1.86. The molecule has 1 N–H and O–H groups in total.